The smallest absolute Gasteiger partial charge is 0.234 e. The second-order valence-corrected chi connectivity index (χ2v) is 4.18. The van der Waals surface area contributed by atoms with Gasteiger partial charge in [-0.15, -0.1) is 0 Å². The Labute approximate surface area is 82.8 Å². The van der Waals surface area contributed by atoms with E-state index in [0.717, 1.165) is 19.3 Å². The molecule has 1 heterocycles. The molecule has 3 atom stereocenters. The van der Waals surface area contributed by atoms with Crippen LogP contribution in [-0.2, 0) is 19.4 Å². The molecule has 0 aromatic heterocycles. The van der Waals surface area contributed by atoms with Crippen LogP contribution in [0.2, 0.25) is 0 Å². The highest BCUT2D eigenvalue weighted by Gasteiger charge is 2.53. The summed E-state index contributed by atoms with van der Waals surface area (Å²) in [6.45, 7) is 1.67. The van der Waals surface area contributed by atoms with E-state index in [9.17, 15) is 0 Å². The zero-order valence-corrected chi connectivity index (χ0v) is 8.49. The third kappa shape index (κ3) is 1.45. The van der Waals surface area contributed by atoms with Gasteiger partial charge in [-0.05, 0) is 19.8 Å². The topological polar surface area (TPSA) is 57.2 Å². The van der Waals surface area contributed by atoms with Gasteiger partial charge < -0.3 is 4.74 Å². The van der Waals surface area contributed by atoms with Gasteiger partial charge in [0.1, 0.15) is 0 Å². The van der Waals surface area contributed by atoms with Crippen molar-refractivity contribution >= 4 is 0 Å². The number of ether oxygens (including phenoxy) is 1. The molecule has 2 rings (SSSR count). The van der Waals surface area contributed by atoms with Gasteiger partial charge in [0.2, 0.25) is 11.6 Å². The fraction of sp³-hybridized carbons (Fsp3) is 1.00. The molecule has 1 aliphatic heterocycles. The Morgan fingerprint density at radius 1 is 1.43 bits per heavy atom. The fourth-order valence-corrected chi connectivity index (χ4v) is 2.26. The summed E-state index contributed by atoms with van der Waals surface area (Å²) < 4.78 is 5.30. The number of fused-ring (bicyclic) bond motifs is 2. The normalized spacial score (nSPS) is 47.8. The van der Waals surface area contributed by atoms with Crippen LogP contribution in [0.1, 0.15) is 32.6 Å². The van der Waals surface area contributed by atoms with Crippen LogP contribution in [-0.4, -0.2) is 23.9 Å². The van der Waals surface area contributed by atoms with Crippen molar-refractivity contribution in [2.45, 2.75) is 44.2 Å². The molecule has 2 bridgehead atoms. The molecule has 5 nitrogen and oxygen atoms in total. The minimum Gasteiger partial charge on any atom is -0.351 e. The molecular formula is C9H16O5. The van der Waals surface area contributed by atoms with Crippen molar-refractivity contribution in [2.24, 2.45) is 5.92 Å². The number of hydrogen-bond donors (Lipinski definition) is 1. The van der Waals surface area contributed by atoms with E-state index in [4.69, 9.17) is 19.8 Å². The van der Waals surface area contributed by atoms with Crippen LogP contribution in [0, 0.1) is 5.92 Å². The molecule has 0 aromatic rings. The van der Waals surface area contributed by atoms with Gasteiger partial charge in [0.25, 0.3) is 0 Å². The van der Waals surface area contributed by atoms with E-state index in [0.29, 0.717) is 6.42 Å². The minimum atomic E-state index is -1.05. The van der Waals surface area contributed by atoms with Gasteiger partial charge in [0, 0.05) is 25.9 Å². The number of methoxy groups -OCH3 is 1. The molecule has 1 aliphatic carbocycles. The monoisotopic (exact) mass is 204 g/mol. The molecule has 1 saturated carbocycles. The van der Waals surface area contributed by atoms with Crippen molar-refractivity contribution in [2.75, 3.05) is 7.11 Å². The molecule has 0 radical (unpaired) electrons. The maximum Gasteiger partial charge on any atom is 0.234 e. The predicted molar refractivity (Wildman–Crippen MR) is 46.0 cm³/mol. The molecule has 1 N–H and O–H groups in total. The Kier molecular flexibility index (Phi) is 2.53. The van der Waals surface area contributed by atoms with Gasteiger partial charge in [-0.1, -0.05) is 0 Å². The summed E-state index contributed by atoms with van der Waals surface area (Å²) in [5.74, 6) is -1.58. The molecule has 0 unspecified atom stereocenters. The highest BCUT2D eigenvalue weighted by Crippen LogP contribution is 2.47. The summed E-state index contributed by atoms with van der Waals surface area (Å²) in [5, 5.41) is 8.77. The standard InChI is InChI=1S/C9H16O5/c1-8(12-10)7-4-3-5-9(6-7,11-2)14-13-8/h7,10H,3-6H2,1-2H3/t7-,8-,9+/m1/s1. The second kappa shape index (κ2) is 3.43. The summed E-state index contributed by atoms with van der Waals surface area (Å²) in [7, 11) is 1.61. The average molecular weight is 204 g/mol. The molecule has 14 heavy (non-hydrogen) atoms. The molecule has 0 amide bonds. The van der Waals surface area contributed by atoms with Crippen LogP contribution >= 0.6 is 0 Å². The number of hydrogen-bond acceptors (Lipinski definition) is 5. The Bertz CT molecular complexity index is 215. The molecule has 0 spiro atoms. The predicted octanol–water partition coefficient (Wildman–Crippen LogP) is 1.69. The average Bonchev–Trinajstić information content (AvgIpc) is 2.25. The quantitative estimate of drug-likeness (QED) is 0.548. The summed E-state index contributed by atoms with van der Waals surface area (Å²) >= 11 is 0. The highest BCUT2D eigenvalue weighted by molar-refractivity contribution is 4.88. The Morgan fingerprint density at radius 3 is 2.86 bits per heavy atom. The second-order valence-electron chi connectivity index (χ2n) is 4.18. The van der Waals surface area contributed by atoms with E-state index in [1.165, 1.54) is 0 Å². The van der Waals surface area contributed by atoms with Crippen LogP contribution in [0.5, 0.6) is 0 Å². The van der Waals surface area contributed by atoms with E-state index in [2.05, 4.69) is 4.89 Å². The lowest BCUT2D eigenvalue weighted by atomic mass is 9.79. The Morgan fingerprint density at radius 2 is 2.21 bits per heavy atom. The van der Waals surface area contributed by atoms with Crippen molar-refractivity contribution in [1.29, 1.82) is 0 Å². The molecule has 2 fully saturated rings. The van der Waals surface area contributed by atoms with Crippen LogP contribution in [0.4, 0.5) is 0 Å². The van der Waals surface area contributed by atoms with Crippen LogP contribution < -0.4 is 0 Å². The van der Waals surface area contributed by atoms with Gasteiger partial charge >= 0.3 is 0 Å². The zero-order chi connectivity index (χ0) is 10.2. The number of rotatable bonds is 2. The molecular weight excluding hydrogens is 188 g/mol. The first kappa shape index (κ1) is 10.3. The maximum atomic E-state index is 8.77. The van der Waals surface area contributed by atoms with Crippen LogP contribution in [0.15, 0.2) is 0 Å². The fourth-order valence-electron chi connectivity index (χ4n) is 2.26. The molecule has 0 aromatic carbocycles. The summed E-state index contributed by atoms with van der Waals surface area (Å²) in [6, 6.07) is 0. The maximum absolute atomic E-state index is 8.77. The van der Waals surface area contributed by atoms with Crippen LogP contribution in [0.25, 0.3) is 0 Å². The van der Waals surface area contributed by atoms with Gasteiger partial charge in [0.15, 0.2) is 0 Å². The van der Waals surface area contributed by atoms with Gasteiger partial charge in [-0.3, -0.25) is 0 Å². The minimum absolute atomic E-state index is 0.106. The summed E-state index contributed by atoms with van der Waals surface area (Å²) in [5.41, 5.74) is 0. The van der Waals surface area contributed by atoms with Gasteiger partial charge in [-0.2, -0.15) is 9.78 Å². The third-order valence-electron chi connectivity index (χ3n) is 3.32. The lowest BCUT2D eigenvalue weighted by molar-refractivity contribution is -0.581. The SMILES string of the molecule is CO[C@]12CCC[C@H](C1)[C@](C)(OO)OO2. The first-order valence-electron chi connectivity index (χ1n) is 4.89. The van der Waals surface area contributed by atoms with Crippen molar-refractivity contribution in [3.63, 3.8) is 0 Å². The Hall–Kier alpha value is -0.200. The first-order chi connectivity index (χ1) is 6.64. The molecule has 1 saturated heterocycles. The van der Waals surface area contributed by atoms with E-state index in [1.807, 2.05) is 0 Å². The Balaban J connectivity index is 2.15. The van der Waals surface area contributed by atoms with E-state index >= 15 is 0 Å². The lowest BCUT2D eigenvalue weighted by Gasteiger charge is -2.48. The molecule has 82 valence electrons. The third-order valence-corrected chi connectivity index (χ3v) is 3.32. The van der Waals surface area contributed by atoms with Gasteiger partial charge in [0.05, 0.1) is 0 Å². The summed E-state index contributed by atoms with van der Waals surface area (Å²) in [6.07, 6.45) is 3.45. The van der Waals surface area contributed by atoms with Crippen molar-refractivity contribution in [3.05, 3.63) is 0 Å². The zero-order valence-electron chi connectivity index (χ0n) is 8.49. The van der Waals surface area contributed by atoms with Crippen molar-refractivity contribution in [3.8, 4) is 0 Å². The van der Waals surface area contributed by atoms with Gasteiger partial charge in [-0.25, -0.2) is 10.1 Å². The van der Waals surface area contributed by atoms with Crippen LogP contribution in [0.3, 0.4) is 0 Å². The largest absolute Gasteiger partial charge is 0.351 e. The van der Waals surface area contributed by atoms with Crippen molar-refractivity contribution in [1.82, 2.24) is 0 Å². The molecule has 5 heteroatoms. The first-order valence-corrected chi connectivity index (χ1v) is 4.89. The van der Waals surface area contributed by atoms with E-state index in [1.54, 1.807) is 14.0 Å². The highest BCUT2D eigenvalue weighted by atomic mass is 17.3. The molecule has 2 aliphatic rings. The van der Waals surface area contributed by atoms with Crippen molar-refractivity contribution < 1.29 is 24.7 Å². The van der Waals surface area contributed by atoms with E-state index in [-0.39, 0.29) is 5.92 Å². The summed E-state index contributed by atoms with van der Waals surface area (Å²) in [4.78, 5) is 14.6. The lowest BCUT2D eigenvalue weighted by Crippen LogP contribution is -2.55. The van der Waals surface area contributed by atoms with E-state index < -0.39 is 11.6 Å².